The molecule has 0 aliphatic carbocycles. The summed E-state index contributed by atoms with van der Waals surface area (Å²) in [6, 6.07) is 14.5. The highest BCUT2D eigenvalue weighted by Gasteiger charge is 2.39. The number of rotatable bonds is 11. The highest BCUT2D eigenvalue weighted by molar-refractivity contribution is 6.37. The van der Waals surface area contributed by atoms with Crippen LogP contribution in [0.15, 0.2) is 54.2 Å². The van der Waals surface area contributed by atoms with E-state index in [1.807, 2.05) is 44.2 Å². The molecule has 0 radical (unpaired) electrons. The zero-order valence-electron chi connectivity index (χ0n) is 18.1. The summed E-state index contributed by atoms with van der Waals surface area (Å²) in [5.74, 6) is 0.480. The van der Waals surface area contributed by atoms with Crippen LogP contribution in [0.4, 0.5) is 5.69 Å². The molecule has 7 heteroatoms. The van der Waals surface area contributed by atoms with Crippen molar-refractivity contribution in [1.29, 1.82) is 0 Å². The molecule has 1 N–H and O–H groups in total. The third-order valence-electron chi connectivity index (χ3n) is 4.83. The molecular weight excluding hydrogens is 396 g/mol. The summed E-state index contributed by atoms with van der Waals surface area (Å²) in [7, 11) is 1.54. The molecule has 1 heterocycles. The molecule has 0 bridgehead atoms. The Morgan fingerprint density at radius 2 is 1.77 bits per heavy atom. The summed E-state index contributed by atoms with van der Waals surface area (Å²) >= 11 is 0. The Morgan fingerprint density at radius 1 is 0.968 bits per heavy atom. The molecule has 0 aromatic heterocycles. The van der Waals surface area contributed by atoms with Crippen LogP contribution in [0.3, 0.4) is 0 Å². The zero-order chi connectivity index (χ0) is 22.2. The van der Waals surface area contributed by atoms with Crippen LogP contribution in [0.5, 0.6) is 11.5 Å². The Labute approximate surface area is 182 Å². The van der Waals surface area contributed by atoms with Gasteiger partial charge < -0.3 is 19.5 Å². The number of para-hydroxylation sites is 1. The maximum absolute atomic E-state index is 13.3. The third kappa shape index (κ3) is 5.06. The maximum atomic E-state index is 13.3. The quantitative estimate of drug-likeness (QED) is 0.438. The Kier molecular flexibility index (Phi) is 7.67. The van der Waals surface area contributed by atoms with E-state index >= 15 is 0 Å². The number of ether oxygens (including phenoxy) is 3. The smallest absolute Gasteiger partial charge is 0.278 e. The van der Waals surface area contributed by atoms with Crippen molar-refractivity contribution < 1.29 is 23.8 Å². The molecule has 7 nitrogen and oxygen atoms in total. The zero-order valence-corrected chi connectivity index (χ0v) is 18.1. The standard InChI is InChI=1S/C24H28N2O5/c1-4-30-15-9-14-26-23(27)21(19-12-6-7-13-20(19)29-3)22(24(26)28)25-17-10-8-11-18(16-17)31-5-2/h6-8,10-13,16,25H,4-5,9,14-15H2,1-3H3. The number of imide groups is 1. The lowest BCUT2D eigenvalue weighted by atomic mass is 10.0. The van der Waals surface area contributed by atoms with E-state index in [-0.39, 0.29) is 24.1 Å². The summed E-state index contributed by atoms with van der Waals surface area (Å²) in [6.45, 7) is 5.70. The van der Waals surface area contributed by atoms with Crippen molar-refractivity contribution in [2.75, 3.05) is 38.8 Å². The molecule has 0 saturated heterocycles. The van der Waals surface area contributed by atoms with Crippen LogP contribution in [-0.2, 0) is 14.3 Å². The number of nitrogens with one attached hydrogen (secondary N) is 1. The highest BCUT2D eigenvalue weighted by atomic mass is 16.5. The molecule has 2 amide bonds. The van der Waals surface area contributed by atoms with Gasteiger partial charge in [0.2, 0.25) is 0 Å². The first kappa shape index (κ1) is 22.4. The first-order chi connectivity index (χ1) is 15.1. The average Bonchev–Trinajstić information content (AvgIpc) is 3.01. The lowest BCUT2D eigenvalue weighted by molar-refractivity contribution is -0.137. The molecule has 2 aromatic rings. The van der Waals surface area contributed by atoms with E-state index in [1.165, 1.54) is 4.90 Å². The van der Waals surface area contributed by atoms with Gasteiger partial charge in [-0.25, -0.2) is 0 Å². The van der Waals surface area contributed by atoms with Crippen LogP contribution in [0, 0.1) is 0 Å². The molecule has 1 aliphatic heterocycles. The van der Waals surface area contributed by atoms with Crippen LogP contribution >= 0.6 is 0 Å². The van der Waals surface area contributed by atoms with Gasteiger partial charge in [-0.2, -0.15) is 0 Å². The molecule has 0 unspecified atom stereocenters. The van der Waals surface area contributed by atoms with Gasteiger partial charge in [-0.15, -0.1) is 0 Å². The monoisotopic (exact) mass is 424 g/mol. The second-order valence-electron chi connectivity index (χ2n) is 6.85. The van der Waals surface area contributed by atoms with E-state index in [9.17, 15) is 9.59 Å². The van der Waals surface area contributed by atoms with Gasteiger partial charge in [0.25, 0.3) is 11.8 Å². The first-order valence-electron chi connectivity index (χ1n) is 10.4. The number of hydrogen-bond donors (Lipinski definition) is 1. The van der Waals surface area contributed by atoms with Crippen LogP contribution in [0.1, 0.15) is 25.8 Å². The van der Waals surface area contributed by atoms with Gasteiger partial charge in [-0.05, 0) is 38.5 Å². The second-order valence-corrected chi connectivity index (χ2v) is 6.85. The second kappa shape index (κ2) is 10.6. The number of hydrogen-bond acceptors (Lipinski definition) is 6. The minimum absolute atomic E-state index is 0.222. The largest absolute Gasteiger partial charge is 0.496 e. The molecular formula is C24H28N2O5. The first-order valence-corrected chi connectivity index (χ1v) is 10.4. The molecule has 0 fully saturated rings. The van der Waals surface area contributed by atoms with E-state index in [2.05, 4.69) is 5.32 Å². The molecule has 2 aromatic carbocycles. The van der Waals surface area contributed by atoms with Crippen molar-refractivity contribution in [3.05, 3.63) is 59.8 Å². The van der Waals surface area contributed by atoms with Crippen LogP contribution in [0.25, 0.3) is 5.57 Å². The Balaban J connectivity index is 1.98. The normalized spacial score (nSPS) is 13.7. The van der Waals surface area contributed by atoms with Crippen molar-refractivity contribution in [3.8, 4) is 11.5 Å². The molecule has 164 valence electrons. The lowest BCUT2D eigenvalue weighted by Crippen LogP contribution is -2.34. The van der Waals surface area contributed by atoms with Gasteiger partial charge in [0.15, 0.2) is 0 Å². The van der Waals surface area contributed by atoms with E-state index in [1.54, 1.807) is 25.3 Å². The summed E-state index contributed by atoms with van der Waals surface area (Å²) in [6.07, 6.45) is 0.567. The van der Waals surface area contributed by atoms with E-state index < -0.39 is 0 Å². The SMILES string of the molecule is CCOCCCN1C(=O)C(Nc2cccc(OCC)c2)=C(c2ccccc2OC)C1=O. The van der Waals surface area contributed by atoms with Gasteiger partial charge in [0, 0.05) is 37.1 Å². The van der Waals surface area contributed by atoms with Gasteiger partial charge in [0.05, 0.1) is 19.3 Å². The fraction of sp³-hybridized carbons (Fsp3) is 0.333. The maximum Gasteiger partial charge on any atom is 0.278 e. The number of nitrogens with zero attached hydrogens (tertiary/aromatic N) is 1. The molecule has 0 saturated carbocycles. The van der Waals surface area contributed by atoms with Gasteiger partial charge in [-0.3, -0.25) is 14.5 Å². The minimum Gasteiger partial charge on any atom is -0.496 e. The minimum atomic E-state index is -0.371. The third-order valence-corrected chi connectivity index (χ3v) is 4.83. The van der Waals surface area contributed by atoms with Crippen molar-refractivity contribution in [2.45, 2.75) is 20.3 Å². The van der Waals surface area contributed by atoms with Crippen LogP contribution in [0.2, 0.25) is 0 Å². The number of carbonyl (C=O) groups excluding carboxylic acids is 2. The molecule has 0 atom stereocenters. The van der Waals surface area contributed by atoms with Crippen molar-refractivity contribution in [1.82, 2.24) is 4.90 Å². The van der Waals surface area contributed by atoms with E-state index in [4.69, 9.17) is 14.2 Å². The van der Waals surface area contributed by atoms with Gasteiger partial charge in [-0.1, -0.05) is 24.3 Å². The number of anilines is 1. The summed E-state index contributed by atoms with van der Waals surface area (Å²) in [4.78, 5) is 27.8. The Morgan fingerprint density at radius 3 is 2.52 bits per heavy atom. The number of carbonyl (C=O) groups is 2. The molecule has 0 spiro atoms. The van der Waals surface area contributed by atoms with Crippen molar-refractivity contribution >= 4 is 23.1 Å². The fourth-order valence-corrected chi connectivity index (χ4v) is 3.44. The predicted octanol–water partition coefficient (Wildman–Crippen LogP) is 3.71. The van der Waals surface area contributed by atoms with Crippen LogP contribution in [-0.4, -0.2) is 50.2 Å². The van der Waals surface area contributed by atoms with Crippen LogP contribution < -0.4 is 14.8 Å². The van der Waals surface area contributed by atoms with Crippen molar-refractivity contribution in [3.63, 3.8) is 0 Å². The number of benzene rings is 2. The molecule has 3 rings (SSSR count). The fourth-order valence-electron chi connectivity index (χ4n) is 3.44. The predicted molar refractivity (Wildman–Crippen MR) is 119 cm³/mol. The number of methoxy groups -OCH3 is 1. The summed E-state index contributed by atoms with van der Waals surface area (Å²) in [5.41, 5.74) is 1.74. The van der Waals surface area contributed by atoms with E-state index in [0.717, 1.165) is 0 Å². The molecule has 31 heavy (non-hydrogen) atoms. The Hall–Kier alpha value is -3.32. The topological polar surface area (TPSA) is 77.1 Å². The average molecular weight is 424 g/mol. The van der Waals surface area contributed by atoms with Gasteiger partial charge >= 0.3 is 0 Å². The lowest BCUT2D eigenvalue weighted by Gasteiger charge is -2.15. The van der Waals surface area contributed by atoms with E-state index in [0.29, 0.717) is 54.6 Å². The highest BCUT2D eigenvalue weighted by Crippen LogP contribution is 2.35. The van der Waals surface area contributed by atoms with Gasteiger partial charge in [0.1, 0.15) is 17.2 Å². The Bertz CT molecular complexity index is 970. The summed E-state index contributed by atoms with van der Waals surface area (Å²) in [5, 5.41) is 3.15. The molecule has 1 aliphatic rings. The summed E-state index contributed by atoms with van der Waals surface area (Å²) < 4.78 is 16.4. The number of amides is 2. The van der Waals surface area contributed by atoms with Crippen molar-refractivity contribution in [2.24, 2.45) is 0 Å².